The Balaban J connectivity index is 1.67. The molecule has 208 valence electrons. The van der Waals surface area contributed by atoms with E-state index in [-0.39, 0.29) is 76.4 Å². The monoisotopic (exact) mass is 574 g/mol. The maximum absolute atomic E-state index is 14.8. The third-order valence-electron chi connectivity index (χ3n) is 7.33. The Morgan fingerprint density at radius 2 is 1.85 bits per heavy atom. The van der Waals surface area contributed by atoms with E-state index in [0.717, 1.165) is 12.1 Å². The highest BCUT2D eigenvalue weighted by Crippen LogP contribution is 2.50. The van der Waals surface area contributed by atoms with Crippen LogP contribution in [0.3, 0.4) is 0 Å². The number of anilines is 1. The normalized spacial score (nSPS) is 17.6. The van der Waals surface area contributed by atoms with Crippen molar-refractivity contribution in [2.45, 2.75) is 24.0 Å². The number of rotatable bonds is 3. The molecule has 40 heavy (non-hydrogen) atoms. The molecule has 0 aliphatic carbocycles. The molecule has 1 amide bonds. The standard InChI is InChI=1S/C26H22F4N6O3S/c1-3-17(37)34-6-8-35(9-7-34)23-14-10-15(26(28,29)30)18(13-4-5-16(27)20-19(13)31-24(38)32-20)22-21(14)36(25(39)33-23)12(2)11-40-22/h3-5,10,12H,1,6-9,11H2,2H3,(H2,31,32,38)/t12-/m0/s1. The van der Waals surface area contributed by atoms with Crippen LogP contribution in [0, 0.1) is 5.82 Å². The minimum Gasteiger partial charge on any atom is -0.352 e. The van der Waals surface area contributed by atoms with E-state index in [1.165, 1.54) is 28.5 Å². The minimum absolute atomic E-state index is 0.0186. The Hall–Kier alpha value is -4.07. The fourth-order valence-electron chi connectivity index (χ4n) is 5.48. The first kappa shape index (κ1) is 26.2. The molecule has 1 atom stereocenters. The first-order valence-electron chi connectivity index (χ1n) is 12.4. The zero-order chi connectivity index (χ0) is 28.5. The molecule has 2 N–H and O–H groups in total. The molecule has 0 spiro atoms. The van der Waals surface area contributed by atoms with Crippen molar-refractivity contribution in [2.75, 3.05) is 36.8 Å². The van der Waals surface area contributed by atoms with Gasteiger partial charge in [-0.3, -0.25) is 9.36 Å². The number of thioether (sulfide) groups is 1. The van der Waals surface area contributed by atoms with Crippen molar-refractivity contribution < 1.29 is 22.4 Å². The Kier molecular flexibility index (Phi) is 6.05. The second kappa shape index (κ2) is 9.25. The van der Waals surface area contributed by atoms with E-state index >= 15 is 0 Å². The van der Waals surface area contributed by atoms with Crippen LogP contribution >= 0.6 is 11.8 Å². The summed E-state index contributed by atoms with van der Waals surface area (Å²) in [7, 11) is 0. The molecular formula is C26H22F4N6O3S. The molecule has 0 saturated carbocycles. The summed E-state index contributed by atoms with van der Waals surface area (Å²) in [5.74, 6) is -0.645. The van der Waals surface area contributed by atoms with Gasteiger partial charge in [-0.25, -0.2) is 14.0 Å². The highest BCUT2D eigenvalue weighted by atomic mass is 32.2. The molecule has 0 bridgehead atoms. The van der Waals surface area contributed by atoms with Gasteiger partial charge in [0.15, 0.2) is 0 Å². The number of hydrogen-bond acceptors (Lipinski definition) is 6. The second-order valence-electron chi connectivity index (χ2n) is 9.71. The number of hydrogen-bond donors (Lipinski definition) is 2. The topological polar surface area (TPSA) is 107 Å². The lowest BCUT2D eigenvalue weighted by Crippen LogP contribution is -2.49. The van der Waals surface area contributed by atoms with Gasteiger partial charge in [-0.2, -0.15) is 18.2 Å². The van der Waals surface area contributed by atoms with E-state index in [1.54, 1.807) is 16.7 Å². The highest BCUT2D eigenvalue weighted by molar-refractivity contribution is 7.99. The van der Waals surface area contributed by atoms with Crippen LogP contribution in [-0.4, -0.2) is 62.3 Å². The van der Waals surface area contributed by atoms with Crippen LogP contribution in [0.15, 0.2) is 45.3 Å². The number of amides is 1. The van der Waals surface area contributed by atoms with Crippen LogP contribution in [0.2, 0.25) is 0 Å². The number of fused-ring (bicyclic) bond motifs is 1. The first-order valence-corrected chi connectivity index (χ1v) is 13.4. The van der Waals surface area contributed by atoms with Crippen LogP contribution in [0.1, 0.15) is 18.5 Å². The lowest BCUT2D eigenvalue weighted by atomic mass is 9.95. The fourth-order valence-corrected chi connectivity index (χ4v) is 6.75. The number of carbonyl (C=O) groups excluding carboxylic acids is 1. The van der Waals surface area contributed by atoms with Gasteiger partial charge in [-0.15, -0.1) is 11.8 Å². The minimum atomic E-state index is -4.84. The van der Waals surface area contributed by atoms with Gasteiger partial charge in [0.1, 0.15) is 17.2 Å². The number of H-pyrrole nitrogens is 2. The summed E-state index contributed by atoms with van der Waals surface area (Å²) in [5.41, 5.74) is -2.68. The number of piperazine rings is 1. The van der Waals surface area contributed by atoms with E-state index in [4.69, 9.17) is 0 Å². The number of halogens is 4. The number of aromatic amines is 2. The highest BCUT2D eigenvalue weighted by Gasteiger charge is 2.39. The predicted octanol–water partition coefficient (Wildman–Crippen LogP) is 3.89. The number of nitrogens with one attached hydrogen (secondary N) is 2. The van der Waals surface area contributed by atoms with Gasteiger partial charge in [0.25, 0.3) is 0 Å². The van der Waals surface area contributed by atoms with Crippen LogP contribution in [0.4, 0.5) is 23.4 Å². The van der Waals surface area contributed by atoms with Crippen molar-refractivity contribution in [2.24, 2.45) is 0 Å². The maximum atomic E-state index is 14.8. The molecule has 4 aromatic rings. The zero-order valence-corrected chi connectivity index (χ0v) is 21.9. The Labute approximate surface area is 227 Å². The number of carbonyl (C=O) groups is 1. The molecule has 2 aliphatic rings. The molecule has 1 fully saturated rings. The summed E-state index contributed by atoms with van der Waals surface area (Å²) in [6, 6.07) is 2.82. The molecular weight excluding hydrogens is 552 g/mol. The zero-order valence-electron chi connectivity index (χ0n) is 21.1. The Bertz CT molecular complexity index is 1830. The van der Waals surface area contributed by atoms with Gasteiger partial charge in [0.05, 0.1) is 16.6 Å². The SMILES string of the molecule is C=CC(=O)N1CCN(c2nc(=O)n3c4c(c(-c5ccc(F)c6[nH]c(=O)[nH]c56)c(C(F)(F)F)cc24)SC[C@@H]3C)CC1. The van der Waals surface area contributed by atoms with Crippen LogP contribution in [0.25, 0.3) is 33.1 Å². The van der Waals surface area contributed by atoms with Gasteiger partial charge in [-0.05, 0) is 31.2 Å². The number of aromatic nitrogens is 4. The Morgan fingerprint density at radius 1 is 1.15 bits per heavy atom. The molecule has 0 radical (unpaired) electrons. The van der Waals surface area contributed by atoms with Crippen molar-refractivity contribution in [1.29, 1.82) is 0 Å². The largest absolute Gasteiger partial charge is 0.417 e. The predicted molar refractivity (Wildman–Crippen MR) is 143 cm³/mol. The van der Waals surface area contributed by atoms with Crippen molar-refractivity contribution in [3.63, 3.8) is 0 Å². The molecule has 2 aromatic heterocycles. The van der Waals surface area contributed by atoms with E-state index in [2.05, 4.69) is 21.5 Å². The van der Waals surface area contributed by atoms with E-state index in [9.17, 15) is 31.9 Å². The molecule has 4 heterocycles. The maximum Gasteiger partial charge on any atom is 0.417 e. The van der Waals surface area contributed by atoms with Gasteiger partial charge < -0.3 is 19.8 Å². The molecule has 9 nitrogen and oxygen atoms in total. The third kappa shape index (κ3) is 4.00. The summed E-state index contributed by atoms with van der Waals surface area (Å²) in [4.78, 5) is 49.8. The van der Waals surface area contributed by atoms with Crippen molar-refractivity contribution >= 4 is 45.4 Å². The average molecular weight is 575 g/mol. The van der Waals surface area contributed by atoms with Gasteiger partial charge >= 0.3 is 17.6 Å². The molecule has 2 aliphatic heterocycles. The third-order valence-corrected chi connectivity index (χ3v) is 8.66. The fraction of sp³-hybridized carbons (Fsp3) is 0.308. The molecule has 14 heteroatoms. The van der Waals surface area contributed by atoms with Crippen molar-refractivity contribution in [3.05, 3.63) is 63.2 Å². The van der Waals surface area contributed by atoms with E-state index in [0.29, 0.717) is 11.3 Å². The van der Waals surface area contributed by atoms with Crippen LogP contribution < -0.4 is 16.3 Å². The van der Waals surface area contributed by atoms with Gasteiger partial charge in [-0.1, -0.05) is 6.58 Å². The summed E-state index contributed by atoms with van der Waals surface area (Å²) < 4.78 is 60.2. The smallest absolute Gasteiger partial charge is 0.352 e. The van der Waals surface area contributed by atoms with Crippen molar-refractivity contribution in [1.82, 2.24) is 24.4 Å². The molecule has 1 saturated heterocycles. The quantitative estimate of drug-likeness (QED) is 0.284. The molecule has 0 unspecified atom stereocenters. The van der Waals surface area contributed by atoms with Gasteiger partial charge in [0.2, 0.25) is 5.91 Å². The van der Waals surface area contributed by atoms with E-state index < -0.39 is 28.9 Å². The number of alkyl halides is 3. The number of benzene rings is 2. The van der Waals surface area contributed by atoms with Crippen LogP contribution in [-0.2, 0) is 11.0 Å². The molecule has 2 aromatic carbocycles. The second-order valence-corrected chi connectivity index (χ2v) is 10.7. The van der Waals surface area contributed by atoms with E-state index in [1.807, 2.05) is 0 Å². The Morgan fingerprint density at radius 3 is 2.52 bits per heavy atom. The average Bonchev–Trinajstić information content (AvgIpc) is 3.32. The summed E-state index contributed by atoms with van der Waals surface area (Å²) in [6.45, 7) is 6.36. The lowest BCUT2D eigenvalue weighted by Gasteiger charge is -2.36. The van der Waals surface area contributed by atoms with Crippen LogP contribution in [0.5, 0.6) is 0 Å². The van der Waals surface area contributed by atoms with Gasteiger partial charge in [0, 0.05) is 59.4 Å². The summed E-state index contributed by atoms with van der Waals surface area (Å²) in [5, 5.41) is 0.147. The number of imidazole rings is 1. The molecule has 6 rings (SSSR count). The summed E-state index contributed by atoms with van der Waals surface area (Å²) >= 11 is 1.17. The summed E-state index contributed by atoms with van der Waals surface area (Å²) in [6.07, 6.45) is -3.64. The number of nitrogens with zero attached hydrogens (tertiary/aromatic N) is 4. The first-order chi connectivity index (χ1) is 19.0. The van der Waals surface area contributed by atoms with Crippen molar-refractivity contribution in [3.8, 4) is 11.1 Å². The lowest BCUT2D eigenvalue weighted by molar-refractivity contribution is -0.137.